The van der Waals surface area contributed by atoms with Crippen molar-refractivity contribution in [1.82, 2.24) is 0 Å². The highest BCUT2D eigenvalue weighted by atomic mass is 32.2. The van der Waals surface area contributed by atoms with Gasteiger partial charge in [0.1, 0.15) is 10.6 Å². The number of rotatable bonds is 6. The smallest absolute Gasteiger partial charge is 0.265 e. The number of carbonyl (C=O) groups is 1. The van der Waals surface area contributed by atoms with Gasteiger partial charge in [-0.05, 0) is 37.3 Å². The number of nitrogens with one attached hydrogen (secondary N) is 1. The minimum absolute atomic E-state index is 0.0359. The topological polar surface area (TPSA) is 110 Å². The Morgan fingerprint density at radius 3 is 2.43 bits per heavy atom. The van der Waals surface area contributed by atoms with E-state index in [0.717, 1.165) is 6.07 Å². The Kier molecular flexibility index (Phi) is 5.35. The molecule has 0 aliphatic carbocycles. The largest absolute Gasteiger partial charge is 0.492 e. The number of nitrogens with zero attached hydrogens (tertiary/aromatic N) is 1. The number of ether oxygens (including phenoxy) is 1. The first-order valence-corrected chi connectivity index (χ1v) is 11.7. The Morgan fingerprint density at radius 1 is 1.18 bits per heavy atom. The molecule has 2 aromatic rings. The second-order valence-electron chi connectivity index (χ2n) is 6.32. The standard InChI is InChI=1S/C18H20N2O6S2/c1-3-26-16-10-9-15(20-18(21)13(2)12-27(20,22)23)11-17(16)28(24,25)19-14-7-5-4-6-8-14/h4-11,13,19H,3,12H2,1-2H3. The number of anilines is 2. The van der Waals surface area contributed by atoms with Gasteiger partial charge in [0.25, 0.3) is 10.0 Å². The van der Waals surface area contributed by atoms with E-state index in [1.165, 1.54) is 19.1 Å². The zero-order valence-electron chi connectivity index (χ0n) is 15.3. The lowest BCUT2D eigenvalue weighted by Crippen LogP contribution is -2.30. The molecule has 1 atom stereocenters. The third kappa shape index (κ3) is 3.83. The highest BCUT2D eigenvalue weighted by Gasteiger charge is 2.42. The highest BCUT2D eigenvalue weighted by Crippen LogP contribution is 2.34. The molecule has 1 fully saturated rings. The van der Waals surface area contributed by atoms with Crippen LogP contribution in [0, 0.1) is 5.92 Å². The second kappa shape index (κ2) is 7.44. The van der Waals surface area contributed by atoms with Crippen molar-refractivity contribution in [3.05, 3.63) is 48.5 Å². The maximum Gasteiger partial charge on any atom is 0.265 e. The van der Waals surface area contributed by atoms with Gasteiger partial charge in [-0.25, -0.2) is 21.1 Å². The molecule has 10 heteroatoms. The summed E-state index contributed by atoms with van der Waals surface area (Å²) in [6.45, 7) is 3.43. The molecule has 2 aromatic carbocycles. The molecule has 0 aromatic heterocycles. The summed E-state index contributed by atoms with van der Waals surface area (Å²) in [6.07, 6.45) is 0. The maximum absolute atomic E-state index is 12.9. The molecule has 0 spiro atoms. The Labute approximate surface area is 164 Å². The van der Waals surface area contributed by atoms with Crippen LogP contribution < -0.4 is 13.8 Å². The van der Waals surface area contributed by atoms with Crippen LogP contribution in [-0.4, -0.2) is 35.1 Å². The van der Waals surface area contributed by atoms with Crippen LogP contribution in [0.1, 0.15) is 13.8 Å². The first kappa shape index (κ1) is 20.2. The first-order chi connectivity index (χ1) is 13.2. The second-order valence-corrected chi connectivity index (χ2v) is 9.83. The third-order valence-electron chi connectivity index (χ3n) is 4.14. The van der Waals surface area contributed by atoms with Crippen molar-refractivity contribution in [1.29, 1.82) is 0 Å². The predicted octanol–water partition coefficient (Wildman–Crippen LogP) is 2.20. The van der Waals surface area contributed by atoms with Crippen molar-refractivity contribution in [2.45, 2.75) is 18.7 Å². The predicted molar refractivity (Wildman–Crippen MR) is 105 cm³/mol. The first-order valence-electron chi connectivity index (χ1n) is 8.57. The number of hydrogen-bond acceptors (Lipinski definition) is 6. The molecule has 1 heterocycles. The average molecular weight is 425 g/mol. The number of benzene rings is 2. The van der Waals surface area contributed by atoms with E-state index in [1.807, 2.05) is 0 Å². The zero-order valence-corrected chi connectivity index (χ0v) is 17.0. The van der Waals surface area contributed by atoms with Crippen LogP contribution in [0.15, 0.2) is 53.4 Å². The van der Waals surface area contributed by atoms with Crippen molar-refractivity contribution >= 4 is 37.3 Å². The molecule has 8 nitrogen and oxygen atoms in total. The van der Waals surface area contributed by atoms with Crippen molar-refractivity contribution in [2.24, 2.45) is 5.92 Å². The van der Waals surface area contributed by atoms with E-state index >= 15 is 0 Å². The van der Waals surface area contributed by atoms with Crippen LogP contribution >= 0.6 is 0 Å². The number of sulfonamides is 2. The quantitative estimate of drug-likeness (QED) is 0.761. The monoisotopic (exact) mass is 424 g/mol. The molecular formula is C18H20N2O6S2. The van der Waals surface area contributed by atoms with E-state index in [-0.39, 0.29) is 28.7 Å². The van der Waals surface area contributed by atoms with Gasteiger partial charge in [0, 0.05) is 5.69 Å². The van der Waals surface area contributed by atoms with E-state index in [1.54, 1.807) is 37.3 Å². The van der Waals surface area contributed by atoms with Crippen molar-refractivity contribution in [3.8, 4) is 5.75 Å². The van der Waals surface area contributed by atoms with Crippen LogP contribution in [0.4, 0.5) is 11.4 Å². The molecule has 150 valence electrons. The van der Waals surface area contributed by atoms with E-state index < -0.39 is 31.9 Å². The molecule has 1 aliphatic heterocycles. The molecule has 28 heavy (non-hydrogen) atoms. The van der Waals surface area contributed by atoms with Gasteiger partial charge in [-0.15, -0.1) is 0 Å². The molecule has 1 unspecified atom stereocenters. The molecule has 0 bridgehead atoms. The molecule has 3 rings (SSSR count). The highest BCUT2D eigenvalue weighted by molar-refractivity contribution is 7.94. The van der Waals surface area contributed by atoms with Gasteiger partial charge in [-0.3, -0.25) is 9.52 Å². The Hall–Kier alpha value is -2.59. The Bertz CT molecular complexity index is 1100. The fourth-order valence-electron chi connectivity index (χ4n) is 2.91. The summed E-state index contributed by atoms with van der Waals surface area (Å²) >= 11 is 0. The minimum atomic E-state index is -4.09. The van der Waals surface area contributed by atoms with Gasteiger partial charge in [0.05, 0.1) is 24.0 Å². The van der Waals surface area contributed by atoms with Gasteiger partial charge in [-0.2, -0.15) is 0 Å². The molecule has 0 saturated carbocycles. The summed E-state index contributed by atoms with van der Waals surface area (Å²) < 4.78 is 59.1. The lowest BCUT2D eigenvalue weighted by atomic mass is 10.2. The normalized spacial score (nSPS) is 18.9. The summed E-state index contributed by atoms with van der Waals surface area (Å²) in [5.74, 6) is -1.54. The van der Waals surface area contributed by atoms with Crippen LogP contribution in [0.2, 0.25) is 0 Å². The summed E-state index contributed by atoms with van der Waals surface area (Å²) in [5, 5.41) is 0. The average Bonchev–Trinajstić information content (AvgIpc) is 2.83. The molecule has 1 aliphatic rings. The number of hydrogen-bond donors (Lipinski definition) is 1. The van der Waals surface area contributed by atoms with Crippen LogP contribution in [0.25, 0.3) is 0 Å². The lowest BCUT2D eigenvalue weighted by molar-refractivity contribution is -0.119. The van der Waals surface area contributed by atoms with Crippen molar-refractivity contribution < 1.29 is 26.4 Å². The fraction of sp³-hybridized carbons (Fsp3) is 0.278. The van der Waals surface area contributed by atoms with E-state index in [4.69, 9.17) is 4.74 Å². The molecule has 1 saturated heterocycles. The van der Waals surface area contributed by atoms with Gasteiger partial charge >= 0.3 is 0 Å². The number of carbonyl (C=O) groups excluding carboxylic acids is 1. The lowest BCUT2D eigenvalue weighted by Gasteiger charge is -2.18. The molecule has 1 N–H and O–H groups in total. The Morgan fingerprint density at radius 2 is 1.86 bits per heavy atom. The number of amides is 1. The summed E-state index contributed by atoms with van der Waals surface area (Å²) in [5.41, 5.74) is 0.306. The van der Waals surface area contributed by atoms with Crippen LogP contribution in [-0.2, 0) is 24.8 Å². The van der Waals surface area contributed by atoms with Gasteiger partial charge in [0.2, 0.25) is 15.9 Å². The van der Waals surface area contributed by atoms with Gasteiger partial charge in [0.15, 0.2) is 0 Å². The third-order valence-corrected chi connectivity index (χ3v) is 7.41. The number of para-hydroxylation sites is 1. The molecule has 0 radical (unpaired) electrons. The van der Waals surface area contributed by atoms with Gasteiger partial charge in [-0.1, -0.05) is 25.1 Å². The summed E-state index contributed by atoms with van der Waals surface area (Å²) in [4.78, 5) is 12.1. The Balaban J connectivity index is 2.09. The van der Waals surface area contributed by atoms with E-state index in [2.05, 4.69) is 4.72 Å². The van der Waals surface area contributed by atoms with Crippen molar-refractivity contribution in [2.75, 3.05) is 21.4 Å². The minimum Gasteiger partial charge on any atom is -0.492 e. The van der Waals surface area contributed by atoms with E-state index in [0.29, 0.717) is 9.99 Å². The van der Waals surface area contributed by atoms with E-state index in [9.17, 15) is 21.6 Å². The zero-order chi connectivity index (χ0) is 20.5. The molecular weight excluding hydrogens is 404 g/mol. The molecule has 1 amide bonds. The van der Waals surface area contributed by atoms with Crippen molar-refractivity contribution in [3.63, 3.8) is 0 Å². The maximum atomic E-state index is 12.9. The van der Waals surface area contributed by atoms with Crippen LogP contribution in [0.3, 0.4) is 0 Å². The fourth-order valence-corrected chi connectivity index (χ4v) is 5.95. The summed E-state index contributed by atoms with van der Waals surface area (Å²) in [7, 11) is -7.95. The summed E-state index contributed by atoms with van der Waals surface area (Å²) in [6, 6.07) is 12.1. The SMILES string of the molecule is CCOc1ccc(N2C(=O)C(C)CS2(=O)=O)cc1S(=O)(=O)Nc1ccccc1. The van der Waals surface area contributed by atoms with Gasteiger partial charge < -0.3 is 4.74 Å². The van der Waals surface area contributed by atoms with Crippen LogP contribution in [0.5, 0.6) is 5.75 Å².